The van der Waals surface area contributed by atoms with Gasteiger partial charge >= 0.3 is 0 Å². The number of nitrogens with zero attached hydrogens (tertiary/aromatic N) is 3. The maximum atomic E-state index is 13.1. The van der Waals surface area contributed by atoms with Gasteiger partial charge in [-0.2, -0.15) is 0 Å². The third kappa shape index (κ3) is 4.17. The SMILES string of the molecule is Cn1c(SCC(=O)Nc2ccc(F)c(Cl)c2)nnc1-c1ccccc1Cl. The topological polar surface area (TPSA) is 59.8 Å². The predicted octanol–water partition coefficient (Wildman–Crippen LogP) is 4.66. The smallest absolute Gasteiger partial charge is 0.234 e. The molecular formula is C17H13Cl2FN4OS. The van der Waals surface area contributed by atoms with Gasteiger partial charge in [0.25, 0.3) is 0 Å². The molecule has 0 aliphatic carbocycles. The lowest BCUT2D eigenvalue weighted by Crippen LogP contribution is -2.14. The van der Waals surface area contributed by atoms with Gasteiger partial charge in [-0.1, -0.05) is 47.1 Å². The molecule has 0 bridgehead atoms. The van der Waals surface area contributed by atoms with Gasteiger partial charge in [-0.15, -0.1) is 10.2 Å². The molecule has 5 nitrogen and oxygen atoms in total. The average molecular weight is 411 g/mol. The number of amides is 1. The minimum absolute atomic E-state index is 0.0480. The van der Waals surface area contributed by atoms with Gasteiger partial charge in [-0.3, -0.25) is 4.79 Å². The monoisotopic (exact) mass is 410 g/mol. The van der Waals surface area contributed by atoms with Gasteiger partial charge < -0.3 is 9.88 Å². The highest BCUT2D eigenvalue weighted by atomic mass is 35.5. The molecule has 1 aromatic heterocycles. The van der Waals surface area contributed by atoms with Crippen molar-refractivity contribution in [3.05, 3.63) is 58.3 Å². The Labute approximate surface area is 163 Å². The predicted molar refractivity (Wildman–Crippen MR) is 102 cm³/mol. The maximum Gasteiger partial charge on any atom is 0.234 e. The van der Waals surface area contributed by atoms with E-state index in [0.29, 0.717) is 21.7 Å². The van der Waals surface area contributed by atoms with Crippen molar-refractivity contribution in [3.8, 4) is 11.4 Å². The van der Waals surface area contributed by atoms with Gasteiger partial charge in [0.05, 0.1) is 15.8 Å². The second kappa shape index (κ2) is 8.07. The summed E-state index contributed by atoms with van der Waals surface area (Å²) in [7, 11) is 1.80. The fraction of sp³-hybridized carbons (Fsp3) is 0.118. The highest BCUT2D eigenvalue weighted by molar-refractivity contribution is 7.99. The Morgan fingerprint density at radius 1 is 1.19 bits per heavy atom. The fourth-order valence-electron chi connectivity index (χ4n) is 2.22. The second-order valence-corrected chi connectivity index (χ2v) is 7.07. The summed E-state index contributed by atoms with van der Waals surface area (Å²) in [5.74, 6) is -0.0715. The summed E-state index contributed by atoms with van der Waals surface area (Å²) in [5, 5.41) is 12.0. The molecule has 134 valence electrons. The largest absolute Gasteiger partial charge is 0.325 e. The van der Waals surface area contributed by atoms with Gasteiger partial charge in [0.2, 0.25) is 5.91 Å². The summed E-state index contributed by atoms with van der Waals surface area (Å²) in [6.07, 6.45) is 0. The second-order valence-electron chi connectivity index (χ2n) is 5.31. The Morgan fingerprint density at radius 2 is 1.96 bits per heavy atom. The first-order valence-electron chi connectivity index (χ1n) is 7.47. The molecule has 0 aliphatic heterocycles. The van der Waals surface area contributed by atoms with Crippen LogP contribution in [0.25, 0.3) is 11.4 Å². The van der Waals surface area contributed by atoms with Crippen molar-refractivity contribution < 1.29 is 9.18 Å². The Bertz CT molecular complexity index is 964. The van der Waals surface area contributed by atoms with Gasteiger partial charge in [0, 0.05) is 18.3 Å². The van der Waals surface area contributed by atoms with Crippen LogP contribution in [-0.4, -0.2) is 26.4 Å². The van der Waals surface area contributed by atoms with Gasteiger partial charge in [-0.25, -0.2) is 4.39 Å². The zero-order valence-corrected chi connectivity index (χ0v) is 15.9. The normalized spacial score (nSPS) is 10.8. The highest BCUT2D eigenvalue weighted by Gasteiger charge is 2.15. The molecule has 2 aromatic carbocycles. The number of halogens is 3. The minimum atomic E-state index is -0.537. The number of nitrogens with one attached hydrogen (secondary N) is 1. The van der Waals surface area contributed by atoms with E-state index in [1.165, 1.54) is 30.0 Å². The lowest BCUT2D eigenvalue weighted by molar-refractivity contribution is -0.113. The molecule has 0 unspecified atom stereocenters. The van der Waals surface area contributed by atoms with E-state index in [9.17, 15) is 9.18 Å². The lowest BCUT2D eigenvalue weighted by atomic mass is 10.2. The number of rotatable bonds is 5. The third-order valence-electron chi connectivity index (χ3n) is 3.49. The molecule has 0 aliphatic rings. The molecule has 0 fully saturated rings. The molecule has 0 spiro atoms. The third-order valence-corrected chi connectivity index (χ3v) is 5.12. The van der Waals surface area contributed by atoms with Crippen LogP contribution in [0.1, 0.15) is 0 Å². The molecule has 0 atom stereocenters. The average Bonchev–Trinajstić information content (AvgIpc) is 2.97. The van der Waals surface area contributed by atoms with Crippen LogP contribution in [0, 0.1) is 5.82 Å². The number of anilines is 1. The summed E-state index contributed by atoms with van der Waals surface area (Å²) in [6.45, 7) is 0. The molecule has 0 radical (unpaired) electrons. The number of hydrogen-bond acceptors (Lipinski definition) is 4. The molecule has 3 aromatic rings. The van der Waals surface area contributed by atoms with Crippen molar-refractivity contribution in [1.82, 2.24) is 14.8 Å². The lowest BCUT2D eigenvalue weighted by Gasteiger charge is -2.07. The van der Waals surface area contributed by atoms with Crippen LogP contribution in [0.15, 0.2) is 47.6 Å². The summed E-state index contributed by atoms with van der Waals surface area (Å²) >= 11 is 13.1. The van der Waals surface area contributed by atoms with Crippen molar-refractivity contribution >= 4 is 46.6 Å². The maximum absolute atomic E-state index is 13.1. The van der Waals surface area contributed by atoms with E-state index >= 15 is 0 Å². The number of benzene rings is 2. The molecular weight excluding hydrogens is 398 g/mol. The van der Waals surface area contributed by atoms with Crippen LogP contribution in [0.2, 0.25) is 10.0 Å². The molecule has 3 rings (SSSR count). The quantitative estimate of drug-likeness (QED) is 0.621. The van der Waals surface area contributed by atoms with Crippen LogP contribution in [0.3, 0.4) is 0 Å². The summed E-state index contributed by atoms with van der Waals surface area (Å²) < 4.78 is 14.9. The van der Waals surface area contributed by atoms with Gasteiger partial charge in [-0.05, 0) is 30.3 Å². The zero-order valence-electron chi connectivity index (χ0n) is 13.5. The zero-order chi connectivity index (χ0) is 18.7. The first kappa shape index (κ1) is 18.7. The Balaban J connectivity index is 1.66. The van der Waals surface area contributed by atoms with E-state index in [2.05, 4.69) is 15.5 Å². The highest BCUT2D eigenvalue weighted by Crippen LogP contribution is 2.28. The van der Waals surface area contributed by atoms with Gasteiger partial charge in [0.1, 0.15) is 5.82 Å². The van der Waals surface area contributed by atoms with E-state index in [1.807, 2.05) is 18.2 Å². The number of aromatic nitrogens is 3. The Kier molecular flexibility index (Phi) is 5.80. The number of thioether (sulfide) groups is 1. The first-order valence-corrected chi connectivity index (χ1v) is 9.22. The van der Waals surface area contributed by atoms with Crippen molar-refractivity contribution in [3.63, 3.8) is 0 Å². The number of carbonyl (C=O) groups excluding carboxylic acids is 1. The van der Waals surface area contributed by atoms with Crippen molar-refractivity contribution in [2.75, 3.05) is 11.1 Å². The molecule has 0 saturated carbocycles. The fourth-order valence-corrected chi connectivity index (χ4v) is 3.33. The standard InChI is InChI=1S/C17H13Cl2FN4OS/c1-24-16(11-4-2-3-5-12(11)18)22-23-17(24)26-9-15(25)21-10-6-7-14(20)13(19)8-10/h2-8H,9H2,1H3,(H,21,25). The molecule has 26 heavy (non-hydrogen) atoms. The summed E-state index contributed by atoms with van der Waals surface area (Å²) in [5.41, 5.74) is 1.19. The van der Waals surface area contributed by atoms with Crippen molar-refractivity contribution in [1.29, 1.82) is 0 Å². The van der Waals surface area contributed by atoms with E-state index in [4.69, 9.17) is 23.2 Å². The Morgan fingerprint density at radius 3 is 2.69 bits per heavy atom. The van der Waals surface area contributed by atoms with E-state index in [1.54, 1.807) is 17.7 Å². The minimum Gasteiger partial charge on any atom is -0.325 e. The van der Waals surface area contributed by atoms with E-state index in [-0.39, 0.29) is 16.7 Å². The van der Waals surface area contributed by atoms with Gasteiger partial charge in [0.15, 0.2) is 11.0 Å². The number of hydrogen-bond donors (Lipinski definition) is 1. The van der Waals surface area contributed by atoms with Crippen LogP contribution in [-0.2, 0) is 11.8 Å². The van der Waals surface area contributed by atoms with Crippen LogP contribution in [0.5, 0.6) is 0 Å². The first-order chi connectivity index (χ1) is 12.5. The Hall–Kier alpha value is -2.09. The molecule has 9 heteroatoms. The van der Waals surface area contributed by atoms with Crippen LogP contribution >= 0.6 is 35.0 Å². The molecule has 1 N–H and O–H groups in total. The summed E-state index contributed by atoms with van der Waals surface area (Å²) in [4.78, 5) is 12.1. The molecule has 1 heterocycles. The van der Waals surface area contributed by atoms with E-state index in [0.717, 1.165) is 5.56 Å². The molecule has 0 saturated heterocycles. The van der Waals surface area contributed by atoms with E-state index < -0.39 is 5.82 Å². The van der Waals surface area contributed by atoms with Crippen molar-refractivity contribution in [2.45, 2.75) is 5.16 Å². The van der Waals surface area contributed by atoms with Crippen LogP contribution < -0.4 is 5.32 Å². The van der Waals surface area contributed by atoms with Crippen molar-refractivity contribution in [2.24, 2.45) is 7.05 Å². The van der Waals surface area contributed by atoms with Crippen LogP contribution in [0.4, 0.5) is 10.1 Å². The molecule has 1 amide bonds. The summed E-state index contributed by atoms with van der Waals surface area (Å²) in [6, 6.07) is 11.3. The number of carbonyl (C=O) groups is 1.